The standard InChI is InChI=1S/C18H17N3S/c1-12-6-7-13(2)22-14(3)11-21-16(12)18-17-15(8-10-20-18)5-4-9-19-17/h4-11,16H,3H2,1-2H3/b12-6?,13-7+,21-11?. The van der Waals surface area contributed by atoms with Crippen LogP contribution in [0.5, 0.6) is 0 Å². The van der Waals surface area contributed by atoms with E-state index in [0.29, 0.717) is 0 Å². The maximum atomic E-state index is 4.71. The fraction of sp³-hybridized carbons (Fsp3) is 0.167. The Hall–Kier alpha value is -2.20. The summed E-state index contributed by atoms with van der Waals surface area (Å²) in [5, 5.41) is 1.08. The molecule has 0 aromatic carbocycles. The highest BCUT2D eigenvalue weighted by molar-refractivity contribution is 8.07. The first-order valence-corrected chi connectivity index (χ1v) is 7.91. The van der Waals surface area contributed by atoms with Crippen molar-refractivity contribution >= 4 is 28.9 Å². The fourth-order valence-electron chi connectivity index (χ4n) is 2.39. The van der Waals surface area contributed by atoms with Gasteiger partial charge in [-0.1, -0.05) is 36.6 Å². The third-order valence-electron chi connectivity index (χ3n) is 3.48. The predicted molar refractivity (Wildman–Crippen MR) is 95.0 cm³/mol. The SMILES string of the molecule is C=C1C=NC(c2nccc3cccnc23)C(C)=C/C=C(\C)S1. The van der Waals surface area contributed by atoms with Crippen LogP contribution in [-0.4, -0.2) is 16.2 Å². The summed E-state index contributed by atoms with van der Waals surface area (Å²) in [4.78, 5) is 15.9. The molecule has 2 aromatic heterocycles. The van der Waals surface area contributed by atoms with Gasteiger partial charge in [0.15, 0.2) is 0 Å². The third-order valence-corrected chi connectivity index (χ3v) is 4.31. The minimum atomic E-state index is -0.141. The van der Waals surface area contributed by atoms with Gasteiger partial charge in [-0.3, -0.25) is 15.0 Å². The Morgan fingerprint density at radius 3 is 2.82 bits per heavy atom. The van der Waals surface area contributed by atoms with Gasteiger partial charge in [0.25, 0.3) is 0 Å². The first kappa shape index (κ1) is 14.7. The minimum absolute atomic E-state index is 0.141. The van der Waals surface area contributed by atoms with Crippen LogP contribution < -0.4 is 0 Å². The van der Waals surface area contributed by atoms with Crippen LogP contribution in [0.3, 0.4) is 0 Å². The Kier molecular flexibility index (Phi) is 4.20. The molecule has 0 fully saturated rings. The van der Waals surface area contributed by atoms with Crippen LogP contribution in [-0.2, 0) is 0 Å². The van der Waals surface area contributed by atoms with Gasteiger partial charge < -0.3 is 0 Å². The number of hydrogen-bond donors (Lipinski definition) is 0. The molecule has 22 heavy (non-hydrogen) atoms. The molecule has 0 saturated heterocycles. The molecule has 0 radical (unpaired) electrons. The number of hydrogen-bond acceptors (Lipinski definition) is 4. The van der Waals surface area contributed by atoms with Crippen LogP contribution in [0, 0.1) is 0 Å². The van der Waals surface area contributed by atoms with Gasteiger partial charge in [-0.2, -0.15) is 0 Å². The zero-order valence-corrected chi connectivity index (χ0v) is 13.5. The number of fused-ring (bicyclic) bond motifs is 1. The van der Waals surface area contributed by atoms with Crippen LogP contribution in [0.2, 0.25) is 0 Å². The van der Waals surface area contributed by atoms with Crippen molar-refractivity contribution in [1.82, 2.24) is 9.97 Å². The molecule has 3 nitrogen and oxygen atoms in total. The van der Waals surface area contributed by atoms with Gasteiger partial charge in [-0.05, 0) is 36.5 Å². The third kappa shape index (κ3) is 3.02. The first-order chi connectivity index (χ1) is 10.6. The molecular formula is C18H17N3S. The van der Waals surface area contributed by atoms with E-state index in [1.807, 2.05) is 30.6 Å². The van der Waals surface area contributed by atoms with Crippen LogP contribution >= 0.6 is 11.8 Å². The summed E-state index contributed by atoms with van der Waals surface area (Å²) in [6.07, 6.45) is 9.65. The average Bonchev–Trinajstić information content (AvgIpc) is 2.58. The van der Waals surface area contributed by atoms with Crippen molar-refractivity contribution in [2.24, 2.45) is 4.99 Å². The molecule has 3 heterocycles. The van der Waals surface area contributed by atoms with Crippen molar-refractivity contribution in [2.45, 2.75) is 19.9 Å². The molecule has 0 saturated carbocycles. The smallest absolute Gasteiger partial charge is 0.115 e. The number of aromatic nitrogens is 2. The highest BCUT2D eigenvalue weighted by atomic mass is 32.2. The molecule has 1 unspecified atom stereocenters. The molecule has 0 bridgehead atoms. The van der Waals surface area contributed by atoms with E-state index in [1.54, 1.807) is 18.0 Å². The lowest BCUT2D eigenvalue weighted by molar-refractivity contribution is 0.821. The monoisotopic (exact) mass is 307 g/mol. The zero-order chi connectivity index (χ0) is 15.5. The number of aliphatic imine (C=N–C) groups is 1. The molecule has 0 amide bonds. The predicted octanol–water partition coefficient (Wildman–Crippen LogP) is 4.85. The van der Waals surface area contributed by atoms with Crippen molar-refractivity contribution < 1.29 is 0 Å². The van der Waals surface area contributed by atoms with Crippen molar-refractivity contribution in [1.29, 1.82) is 0 Å². The number of rotatable bonds is 1. The van der Waals surface area contributed by atoms with Crippen molar-refractivity contribution in [3.05, 3.63) is 70.4 Å². The fourth-order valence-corrected chi connectivity index (χ4v) is 3.06. The normalized spacial score (nSPS) is 21.5. The van der Waals surface area contributed by atoms with E-state index in [-0.39, 0.29) is 6.04 Å². The molecular weight excluding hydrogens is 290 g/mol. The summed E-state index contributed by atoms with van der Waals surface area (Å²) in [7, 11) is 0. The van der Waals surface area contributed by atoms with Crippen LogP contribution in [0.15, 0.2) is 69.7 Å². The minimum Gasteiger partial charge on any atom is -0.278 e. The molecule has 4 heteroatoms. The number of nitrogens with zero attached hydrogens (tertiary/aromatic N) is 3. The molecule has 2 aromatic rings. The molecule has 3 rings (SSSR count). The summed E-state index contributed by atoms with van der Waals surface area (Å²) >= 11 is 1.63. The maximum absolute atomic E-state index is 4.71. The molecule has 1 aliphatic rings. The van der Waals surface area contributed by atoms with E-state index in [0.717, 1.165) is 27.1 Å². The Bertz CT molecular complexity index is 813. The van der Waals surface area contributed by atoms with Gasteiger partial charge in [0.05, 0.1) is 11.2 Å². The summed E-state index contributed by atoms with van der Waals surface area (Å²) < 4.78 is 0. The Balaban J connectivity index is 2.16. The lowest BCUT2D eigenvalue weighted by atomic mass is 10.0. The van der Waals surface area contributed by atoms with Gasteiger partial charge in [-0.15, -0.1) is 0 Å². The quantitative estimate of drug-likeness (QED) is 0.755. The number of thioether (sulfide) groups is 1. The highest BCUT2D eigenvalue weighted by Crippen LogP contribution is 2.32. The Morgan fingerprint density at radius 2 is 1.95 bits per heavy atom. The Labute approximate surface area is 134 Å². The van der Waals surface area contributed by atoms with Crippen molar-refractivity contribution in [3.8, 4) is 0 Å². The Morgan fingerprint density at radius 1 is 1.09 bits per heavy atom. The van der Waals surface area contributed by atoms with Crippen LogP contribution in [0.4, 0.5) is 0 Å². The summed E-state index contributed by atoms with van der Waals surface area (Å²) in [6, 6.07) is 5.82. The lowest BCUT2D eigenvalue weighted by Gasteiger charge is -2.14. The summed E-state index contributed by atoms with van der Waals surface area (Å²) in [5.41, 5.74) is 2.92. The van der Waals surface area contributed by atoms with Crippen molar-refractivity contribution in [2.75, 3.05) is 0 Å². The zero-order valence-electron chi connectivity index (χ0n) is 12.7. The molecule has 0 spiro atoms. The second-order valence-electron chi connectivity index (χ2n) is 5.21. The second kappa shape index (κ2) is 6.28. The van der Waals surface area contributed by atoms with Gasteiger partial charge in [0.2, 0.25) is 0 Å². The largest absolute Gasteiger partial charge is 0.278 e. The van der Waals surface area contributed by atoms with Gasteiger partial charge >= 0.3 is 0 Å². The topological polar surface area (TPSA) is 38.1 Å². The van der Waals surface area contributed by atoms with E-state index in [2.05, 4.69) is 42.5 Å². The van der Waals surface area contributed by atoms with E-state index in [9.17, 15) is 0 Å². The van der Waals surface area contributed by atoms with Crippen LogP contribution in [0.25, 0.3) is 10.9 Å². The molecule has 1 aliphatic heterocycles. The van der Waals surface area contributed by atoms with E-state index in [4.69, 9.17) is 4.99 Å². The lowest BCUT2D eigenvalue weighted by Crippen LogP contribution is -2.03. The van der Waals surface area contributed by atoms with E-state index < -0.39 is 0 Å². The van der Waals surface area contributed by atoms with E-state index in [1.165, 1.54) is 4.91 Å². The number of allylic oxidation sites excluding steroid dienone is 4. The van der Waals surface area contributed by atoms with Gasteiger partial charge in [0.1, 0.15) is 6.04 Å². The maximum Gasteiger partial charge on any atom is 0.115 e. The van der Waals surface area contributed by atoms with Gasteiger partial charge in [0, 0.05) is 28.9 Å². The highest BCUT2D eigenvalue weighted by Gasteiger charge is 2.17. The van der Waals surface area contributed by atoms with Crippen molar-refractivity contribution in [3.63, 3.8) is 0 Å². The average molecular weight is 307 g/mol. The molecule has 0 N–H and O–H groups in total. The summed E-state index contributed by atoms with van der Waals surface area (Å²) in [5.74, 6) is 0. The second-order valence-corrected chi connectivity index (χ2v) is 6.58. The van der Waals surface area contributed by atoms with Gasteiger partial charge in [-0.25, -0.2) is 0 Å². The van der Waals surface area contributed by atoms with E-state index >= 15 is 0 Å². The number of pyridine rings is 2. The molecule has 0 aliphatic carbocycles. The van der Waals surface area contributed by atoms with Crippen LogP contribution in [0.1, 0.15) is 25.6 Å². The molecule has 1 atom stereocenters. The molecule has 110 valence electrons. The first-order valence-electron chi connectivity index (χ1n) is 7.10. The summed E-state index contributed by atoms with van der Waals surface area (Å²) in [6.45, 7) is 8.19.